The molecule has 0 saturated heterocycles. The van der Waals surface area contributed by atoms with E-state index in [9.17, 15) is 4.79 Å². The monoisotopic (exact) mass is 321 g/mol. The van der Waals surface area contributed by atoms with Gasteiger partial charge in [0.1, 0.15) is 5.82 Å². The lowest BCUT2D eigenvalue weighted by molar-refractivity contribution is 0.0931. The molecule has 0 aliphatic heterocycles. The zero-order valence-corrected chi connectivity index (χ0v) is 13.5. The minimum Gasteiger partial charge on any atom is -0.345 e. The van der Waals surface area contributed by atoms with Gasteiger partial charge in [-0.2, -0.15) is 0 Å². The SMILES string of the molecule is Cc1ncc(C(=O)NC2CCCc3sc(Cl)cc32)c(C)n1. The molecule has 110 valence electrons. The number of nitrogens with zero attached hydrogens (tertiary/aromatic N) is 2. The molecule has 2 heterocycles. The number of halogens is 1. The average Bonchev–Trinajstić information content (AvgIpc) is 2.80. The number of aromatic nitrogens is 2. The summed E-state index contributed by atoms with van der Waals surface area (Å²) in [5.74, 6) is 0.557. The van der Waals surface area contributed by atoms with Gasteiger partial charge >= 0.3 is 0 Å². The van der Waals surface area contributed by atoms with Crippen LogP contribution < -0.4 is 5.32 Å². The van der Waals surface area contributed by atoms with Crippen LogP contribution >= 0.6 is 22.9 Å². The van der Waals surface area contributed by atoms with Gasteiger partial charge in [-0.05, 0) is 44.7 Å². The predicted octanol–water partition coefficient (Wildman–Crippen LogP) is 3.62. The second-order valence-corrected chi connectivity index (χ2v) is 7.03. The van der Waals surface area contributed by atoms with E-state index in [1.54, 1.807) is 17.5 Å². The predicted molar refractivity (Wildman–Crippen MR) is 84.0 cm³/mol. The van der Waals surface area contributed by atoms with Crippen molar-refractivity contribution in [3.8, 4) is 0 Å². The number of nitrogens with one attached hydrogen (secondary N) is 1. The first-order chi connectivity index (χ1) is 10.0. The van der Waals surface area contributed by atoms with Gasteiger partial charge in [0, 0.05) is 11.1 Å². The molecule has 2 aromatic heterocycles. The smallest absolute Gasteiger partial charge is 0.255 e. The Morgan fingerprint density at radius 1 is 1.48 bits per heavy atom. The molecule has 0 aromatic carbocycles. The van der Waals surface area contributed by atoms with Crippen LogP contribution in [0.15, 0.2) is 12.3 Å². The van der Waals surface area contributed by atoms with Crippen molar-refractivity contribution in [3.63, 3.8) is 0 Å². The Morgan fingerprint density at radius 2 is 2.29 bits per heavy atom. The van der Waals surface area contributed by atoms with Gasteiger partial charge in [0.05, 0.1) is 21.6 Å². The Kier molecular flexibility index (Phi) is 3.95. The van der Waals surface area contributed by atoms with Crippen molar-refractivity contribution in [3.05, 3.63) is 44.1 Å². The highest BCUT2D eigenvalue weighted by Gasteiger charge is 2.25. The highest BCUT2D eigenvalue weighted by Crippen LogP contribution is 2.37. The lowest BCUT2D eigenvalue weighted by atomic mass is 9.94. The van der Waals surface area contributed by atoms with Gasteiger partial charge in [-0.15, -0.1) is 11.3 Å². The lowest BCUT2D eigenvalue weighted by Gasteiger charge is -2.23. The zero-order chi connectivity index (χ0) is 15.0. The molecule has 0 radical (unpaired) electrons. The number of aryl methyl sites for hydroxylation is 3. The van der Waals surface area contributed by atoms with E-state index in [1.165, 1.54) is 4.88 Å². The van der Waals surface area contributed by atoms with Gasteiger partial charge in [-0.1, -0.05) is 11.6 Å². The second kappa shape index (κ2) is 5.73. The number of hydrogen-bond acceptors (Lipinski definition) is 4. The number of hydrogen-bond donors (Lipinski definition) is 1. The first-order valence-electron chi connectivity index (χ1n) is 6.94. The third kappa shape index (κ3) is 2.94. The van der Waals surface area contributed by atoms with Crippen molar-refractivity contribution in [1.29, 1.82) is 0 Å². The average molecular weight is 322 g/mol. The summed E-state index contributed by atoms with van der Waals surface area (Å²) in [7, 11) is 0. The van der Waals surface area contributed by atoms with Crippen molar-refractivity contribution in [2.75, 3.05) is 0 Å². The van der Waals surface area contributed by atoms with Crippen molar-refractivity contribution in [2.45, 2.75) is 39.2 Å². The van der Waals surface area contributed by atoms with Gasteiger partial charge in [0.25, 0.3) is 5.91 Å². The first-order valence-corrected chi connectivity index (χ1v) is 8.13. The summed E-state index contributed by atoms with van der Waals surface area (Å²) >= 11 is 7.71. The maximum absolute atomic E-state index is 12.4. The van der Waals surface area contributed by atoms with E-state index in [1.807, 2.05) is 19.9 Å². The summed E-state index contributed by atoms with van der Waals surface area (Å²) in [5, 5.41) is 3.09. The summed E-state index contributed by atoms with van der Waals surface area (Å²) in [6, 6.07) is 2.01. The third-order valence-electron chi connectivity index (χ3n) is 3.73. The number of carbonyl (C=O) groups is 1. The molecule has 1 amide bonds. The van der Waals surface area contributed by atoms with Crippen LogP contribution in [0, 0.1) is 13.8 Å². The van der Waals surface area contributed by atoms with Crippen LogP contribution in [0.5, 0.6) is 0 Å². The normalized spacial score (nSPS) is 17.4. The fourth-order valence-corrected chi connectivity index (χ4v) is 4.10. The molecule has 0 saturated carbocycles. The Labute approximate surface area is 132 Å². The molecular weight excluding hydrogens is 306 g/mol. The van der Waals surface area contributed by atoms with Gasteiger partial charge in [0.15, 0.2) is 0 Å². The Balaban J connectivity index is 1.82. The molecule has 3 rings (SSSR count). The molecule has 1 atom stereocenters. The van der Waals surface area contributed by atoms with Gasteiger partial charge in [0.2, 0.25) is 0 Å². The van der Waals surface area contributed by atoms with Crippen LogP contribution in [-0.2, 0) is 6.42 Å². The van der Waals surface area contributed by atoms with Gasteiger partial charge < -0.3 is 5.32 Å². The number of carbonyl (C=O) groups excluding carboxylic acids is 1. The van der Waals surface area contributed by atoms with Crippen LogP contribution in [0.3, 0.4) is 0 Å². The standard InChI is InChI=1S/C15H16ClN3OS/c1-8-11(7-17-9(2)18-8)15(20)19-12-4-3-5-13-10(12)6-14(16)21-13/h6-7,12H,3-5H2,1-2H3,(H,19,20). The van der Waals surface area contributed by atoms with Gasteiger partial charge in [-0.3, -0.25) is 4.79 Å². The van der Waals surface area contributed by atoms with E-state index in [4.69, 9.17) is 11.6 Å². The van der Waals surface area contributed by atoms with E-state index in [-0.39, 0.29) is 11.9 Å². The van der Waals surface area contributed by atoms with Gasteiger partial charge in [-0.25, -0.2) is 9.97 Å². The van der Waals surface area contributed by atoms with Crippen molar-refractivity contribution >= 4 is 28.8 Å². The fraction of sp³-hybridized carbons (Fsp3) is 0.400. The third-order valence-corrected chi connectivity index (χ3v) is 5.07. The summed E-state index contributed by atoms with van der Waals surface area (Å²) in [6.07, 6.45) is 4.65. The summed E-state index contributed by atoms with van der Waals surface area (Å²) < 4.78 is 0.788. The molecule has 1 aliphatic rings. The van der Waals surface area contributed by atoms with Crippen LogP contribution in [0.4, 0.5) is 0 Å². The second-order valence-electron chi connectivity index (χ2n) is 5.26. The van der Waals surface area contributed by atoms with Crippen LogP contribution in [-0.4, -0.2) is 15.9 Å². The minimum absolute atomic E-state index is 0.0331. The molecule has 4 nitrogen and oxygen atoms in total. The zero-order valence-electron chi connectivity index (χ0n) is 11.9. The van der Waals surface area contributed by atoms with Crippen molar-refractivity contribution < 1.29 is 4.79 Å². The van der Waals surface area contributed by atoms with Crippen molar-refractivity contribution in [2.24, 2.45) is 0 Å². The van der Waals surface area contributed by atoms with E-state index in [0.29, 0.717) is 17.1 Å². The van der Waals surface area contributed by atoms with Crippen LogP contribution in [0.1, 0.15) is 51.2 Å². The van der Waals surface area contributed by atoms with E-state index in [0.717, 1.165) is 29.2 Å². The largest absolute Gasteiger partial charge is 0.345 e. The number of fused-ring (bicyclic) bond motifs is 1. The maximum atomic E-state index is 12.4. The van der Waals surface area contributed by atoms with Crippen LogP contribution in [0.2, 0.25) is 4.34 Å². The Hall–Kier alpha value is -1.46. The Bertz CT molecular complexity index is 698. The molecule has 2 aromatic rings. The molecule has 0 fully saturated rings. The topological polar surface area (TPSA) is 54.9 Å². The number of rotatable bonds is 2. The highest BCUT2D eigenvalue weighted by molar-refractivity contribution is 7.16. The molecule has 0 spiro atoms. The minimum atomic E-state index is -0.118. The molecule has 1 N–H and O–H groups in total. The number of thiophene rings is 1. The molecule has 0 bridgehead atoms. The van der Waals surface area contributed by atoms with E-state index >= 15 is 0 Å². The highest BCUT2D eigenvalue weighted by atomic mass is 35.5. The summed E-state index contributed by atoms with van der Waals surface area (Å²) in [4.78, 5) is 22.1. The van der Waals surface area contributed by atoms with Crippen LogP contribution in [0.25, 0.3) is 0 Å². The summed E-state index contributed by atoms with van der Waals surface area (Å²) in [6.45, 7) is 3.65. The van der Waals surface area contributed by atoms with E-state index in [2.05, 4.69) is 15.3 Å². The summed E-state index contributed by atoms with van der Waals surface area (Å²) in [5.41, 5.74) is 2.41. The maximum Gasteiger partial charge on any atom is 0.255 e. The molecule has 21 heavy (non-hydrogen) atoms. The fourth-order valence-electron chi connectivity index (χ4n) is 2.71. The Morgan fingerprint density at radius 3 is 3.05 bits per heavy atom. The molecule has 1 unspecified atom stereocenters. The number of amides is 1. The molecule has 6 heteroatoms. The van der Waals surface area contributed by atoms with E-state index < -0.39 is 0 Å². The molecule has 1 aliphatic carbocycles. The quantitative estimate of drug-likeness (QED) is 0.919. The van der Waals surface area contributed by atoms with Crippen molar-refractivity contribution in [1.82, 2.24) is 15.3 Å². The lowest BCUT2D eigenvalue weighted by Crippen LogP contribution is -2.31. The first kappa shape index (κ1) is 14.5. The molecular formula is C15H16ClN3OS.